The standard InChI is InChI=1S/C23H28F2N6O4S/c1-2-7-36-23-27-21(26-15-9-12(15)11-3-4-13(24)14(25)8-11)18-22(28-23)31(30-29-18)16-10-17(35-6-5-32)20(34)19(16)33/h3-4,8,12,15-17,19-20,32-34H,2,5-7,9-10H2,1H3,(H,26,27,28)/t12?,15-,16+,17-,19-,20+/m0/s1/i1D3,2D2,3D,4D,6D2,7D2,8D,15D. The Hall–Kier alpha value is -2.45. The molecule has 0 saturated heterocycles. The van der Waals surface area contributed by atoms with Gasteiger partial charge in [0.2, 0.25) is 0 Å². The van der Waals surface area contributed by atoms with Crippen LogP contribution in [-0.2, 0) is 4.74 Å². The van der Waals surface area contributed by atoms with Crippen LogP contribution in [-0.4, -0.2) is 83.5 Å². The first kappa shape index (κ1) is 13.9. The van der Waals surface area contributed by atoms with E-state index in [0.717, 1.165) is 4.68 Å². The van der Waals surface area contributed by atoms with Gasteiger partial charge < -0.3 is 25.4 Å². The lowest BCUT2D eigenvalue weighted by Crippen LogP contribution is -2.33. The Morgan fingerprint density at radius 2 is 2.17 bits per heavy atom. The average molecular weight is 536 g/mol. The zero-order chi connectivity index (χ0) is 36.8. The van der Waals surface area contributed by atoms with Gasteiger partial charge in [0, 0.05) is 33.7 Å². The quantitative estimate of drug-likeness (QED) is 0.225. The fraction of sp³-hybridized carbons (Fsp3) is 0.565. The van der Waals surface area contributed by atoms with Gasteiger partial charge in [-0.2, -0.15) is 0 Å². The first-order chi connectivity index (χ1) is 22.4. The minimum absolute atomic E-state index is 0.0539. The third kappa shape index (κ3) is 4.90. The highest BCUT2D eigenvalue weighted by Gasteiger charge is 2.45. The van der Waals surface area contributed by atoms with Gasteiger partial charge in [0.25, 0.3) is 0 Å². The number of fused-ring (bicyclic) bond motifs is 1. The van der Waals surface area contributed by atoms with E-state index >= 15 is 0 Å². The summed E-state index contributed by atoms with van der Waals surface area (Å²) in [5.74, 6) is -4.96. The lowest BCUT2D eigenvalue weighted by molar-refractivity contribution is -0.0629. The summed E-state index contributed by atoms with van der Waals surface area (Å²) in [6, 6.07) is -6.15. The number of rotatable bonds is 10. The van der Waals surface area contributed by atoms with Gasteiger partial charge in [0.15, 0.2) is 33.8 Å². The van der Waals surface area contributed by atoms with Crippen LogP contribution in [0.3, 0.4) is 0 Å². The van der Waals surface area contributed by atoms with E-state index in [9.17, 15) is 24.1 Å². The molecule has 10 nitrogen and oxygen atoms in total. The molecule has 4 N–H and O–H groups in total. The molecule has 0 amide bonds. The molecule has 2 fully saturated rings. The molecule has 13 heteroatoms. The first-order valence-electron chi connectivity index (χ1n) is 17.1. The zero-order valence-corrected chi connectivity index (χ0v) is 19.0. The molecule has 2 heterocycles. The van der Waals surface area contributed by atoms with Crippen molar-refractivity contribution in [2.75, 3.05) is 24.2 Å². The highest BCUT2D eigenvalue weighted by Crippen LogP contribution is 2.44. The van der Waals surface area contributed by atoms with Crippen LogP contribution in [0.25, 0.3) is 11.2 Å². The molecule has 2 aromatic heterocycles. The predicted octanol–water partition coefficient (Wildman–Crippen LogP) is 2.01. The molecule has 1 unspecified atom stereocenters. The number of nitrogens with one attached hydrogen (secondary N) is 1. The van der Waals surface area contributed by atoms with Crippen LogP contribution in [0.2, 0.25) is 0 Å². The van der Waals surface area contributed by atoms with Crippen molar-refractivity contribution >= 4 is 28.7 Å². The number of hydrogen-bond donors (Lipinski definition) is 4. The normalized spacial score (nSPS) is 36.5. The van der Waals surface area contributed by atoms with E-state index in [1.807, 2.05) is 0 Å². The third-order valence-corrected chi connectivity index (χ3v) is 6.33. The van der Waals surface area contributed by atoms with Gasteiger partial charge in [-0.25, -0.2) is 23.4 Å². The number of benzene rings is 1. The Labute approximate surface area is 228 Å². The summed E-state index contributed by atoms with van der Waals surface area (Å²) >= 11 is -0.0539. The molecule has 3 aromatic rings. The summed E-state index contributed by atoms with van der Waals surface area (Å²) in [5.41, 5.74) is -4.26. The van der Waals surface area contributed by atoms with Crippen molar-refractivity contribution in [2.24, 2.45) is 0 Å². The molecule has 0 spiro atoms. The number of aliphatic hydroxyl groups is 3. The molecule has 2 aliphatic carbocycles. The van der Waals surface area contributed by atoms with Crippen molar-refractivity contribution in [1.29, 1.82) is 0 Å². The van der Waals surface area contributed by atoms with Crippen LogP contribution in [0.5, 0.6) is 0 Å². The molecule has 2 aliphatic rings. The van der Waals surface area contributed by atoms with E-state index in [0.29, 0.717) is 0 Å². The third-order valence-electron chi connectivity index (χ3n) is 5.76. The Kier molecular flexibility index (Phi) is 4.06. The number of nitrogens with zero attached hydrogens (tertiary/aromatic N) is 5. The van der Waals surface area contributed by atoms with Crippen LogP contribution in [0.15, 0.2) is 23.3 Å². The second kappa shape index (κ2) is 10.5. The fourth-order valence-corrected chi connectivity index (χ4v) is 4.40. The summed E-state index contributed by atoms with van der Waals surface area (Å²) in [4.78, 5) is 8.27. The van der Waals surface area contributed by atoms with Crippen LogP contribution >= 0.6 is 11.8 Å². The summed E-state index contributed by atoms with van der Waals surface area (Å²) in [6.45, 7) is -7.13. The number of hydrogen-bond acceptors (Lipinski definition) is 10. The minimum Gasteiger partial charge on any atom is -0.394 e. The number of thioether (sulfide) groups is 1. The van der Waals surface area contributed by atoms with Crippen molar-refractivity contribution in [3.63, 3.8) is 0 Å². The Bertz CT molecular complexity index is 1760. The minimum atomic E-state index is -3.47. The lowest BCUT2D eigenvalue weighted by Gasteiger charge is -2.17. The van der Waals surface area contributed by atoms with Crippen molar-refractivity contribution in [2.45, 2.75) is 67.5 Å². The topological polar surface area (TPSA) is 138 Å². The second-order valence-electron chi connectivity index (χ2n) is 7.96. The molecule has 0 radical (unpaired) electrons. The number of aliphatic hydroxyl groups excluding tert-OH is 3. The van der Waals surface area contributed by atoms with Crippen molar-refractivity contribution in [1.82, 2.24) is 25.0 Å². The molecule has 6 atom stereocenters. The van der Waals surface area contributed by atoms with Gasteiger partial charge in [-0.3, -0.25) is 0 Å². The smallest absolute Gasteiger partial charge is 0.191 e. The number of anilines is 1. The van der Waals surface area contributed by atoms with Crippen molar-refractivity contribution in [3.8, 4) is 0 Å². The monoisotopic (exact) mass is 535 g/mol. The SMILES string of the molecule is [2H]c1c([2H])c(C2C[C@]2([2H])Nc2nc(SC([2H])([2H])C([2H])([2H])C([2H])([2H])[2H])nc3c2nnn3[C@@H]2C[C@H](OC([2H])([2H])CO)[C@@H](O)[C@H]2O)c([2H])c(F)c1F. The van der Waals surface area contributed by atoms with Gasteiger partial charge in [-0.1, -0.05) is 29.9 Å². The van der Waals surface area contributed by atoms with E-state index in [4.69, 9.17) is 22.6 Å². The van der Waals surface area contributed by atoms with Crippen molar-refractivity contribution in [3.05, 3.63) is 35.3 Å². The van der Waals surface area contributed by atoms with E-state index in [1.165, 1.54) is 0 Å². The Morgan fingerprint density at radius 1 is 1.31 bits per heavy atom. The average Bonchev–Trinajstić information content (AvgIpc) is 3.31. The van der Waals surface area contributed by atoms with Gasteiger partial charge in [-0.15, -0.1) is 5.10 Å². The van der Waals surface area contributed by atoms with E-state index < -0.39 is 115 Å². The molecule has 1 aromatic carbocycles. The fourth-order valence-electron chi connectivity index (χ4n) is 3.99. The lowest BCUT2D eigenvalue weighted by atomic mass is 10.1. The summed E-state index contributed by atoms with van der Waals surface area (Å²) in [6.07, 6.45) is -8.82. The summed E-state index contributed by atoms with van der Waals surface area (Å²) in [7, 11) is 0. The maximum Gasteiger partial charge on any atom is 0.191 e. The molecule has 5 rings (SSSR count). The highest BCUT2D eigenvalue weighted by atomic mass is 32.2. The molecule has 194 valence electrons. The van der Waals surface area contributed by atoms with Gasteiger partial charge >= 0.3 is 0 Å². The van der Waals surface area contributed by atoms with Crippen LogP contribution < -0.4 is 5.32 Å². The zero-order valence-electron chi connectivity index (χ0n) is 31.2. The highest BCUT2D eigenvalue weighted by molar-refractivity contribution is 7.99. The number of halogens is 2. The van der Waals surface area contributed by atoms with Gasteiger partial charge in [0.1, 0.15) is 12.2 Å². The van der Waals surface area contributed by atoms with Gasteiger partial charge in [0.05, 0.1) is 33.5 Å². The van der Waals surface area contributed by atoms with Crippen LogP contribution in [0, 0.1) is 11.6 Å². The molecule has 0 bridgehead atoms. The number of aromatic nitrogens is 5. The second-order valence-corrected chi connectivity index (χ2v) is 8.73. The first-order valence-corrected chi connectivity index (χ1v) is 11.4. The Morgan fingerprint density at radius 3 is 2.97 bits per heavy atom. The van der Waals surface area contributed by atoms with Crippen molar-refractivity contribution < 1.29 is 46.7 Å². The maximum absolute atomic E-state index is 14.4. The molecular formula is C23H28F2N6O4S. The molecule has 0 aliphatic heterocycles. The predicted molar refractivity (Wildman–Crippen MR) is 128 cm³/mol. The maximum atomic E-state index is 14.4. The summed E-state index contributed by atoms with van der Waals surface area (Å²) in [5, 5.41) is 40.6. The Balaban J connectivity index is 1.58. The van der Waals surface area contributed by atoms with E-state index in [-0.39, 0.29) is 35.8 Å². The largest absolute Gasteiger partial charge is 0.394 e. The van der Waals surface area contributed by atoms with Crippen LogP contribution in [0.4, 0.5) is 14.6 Å². The van der Waals surface area contributed by atoms with Crippen LogP contribution in [0.1, 0.15) is 61.4 Å². The number of ether oxygens (including phenoxy) is 1. The summed E-state index contributed by atoms with van der Waals surface area (Å²) < 4.78 is 137. The van der Waals surface area contributed by atoms with E-state index in [2.05, 4.69) is 25.6 Å². The van der Waals surface area contributed by atoms with E-state index in [1.54, 1.807) is 0 Å². The molecule has 2 saturated carbocycles. The van der Waals surface area contributed by atoms with Gasteiger partial charge in [-0.05, 0) is 30.4 Å². The molecular weight excluding hydrogens is 494 g/mol. The molecule has 36 heavy (non-hydrogen) atoms.